The lowest BCUT2D eigenvalue weighted by molar-refractivity contribution is 0.355. The highest BCUT2D eigenvalue weighted by molar-refractivity contribution is 5.85. The summed E-state index contributed by atoms with van der Waals surface area (Å²) in [5, 5.41) is 7.19. The van der Waals surface area contributed by atoms with Gasteiger partial charge in [0.2, 0.25) is 0 Å². The maximum Gasteiger partial charge on any atom is 0.0137 e. The zero-order valence-corrected chi connectivity index (χ0v) is 14.9. The number of allylic oxidation sites excluding steroid dienone is 1. The summed E-state index contributed by atoms with van der Waals surface area (Å²) in [5.74, 6) is 1.63. The van der Waals surface area contributed by atoms with Crippen molar-refractivity contribution < 1.29 is 0 Å². The minimum Gasteiger partial charge on any atom is -0.317 e. The number of hydrogen-bond donors (Lipinski definition) is 2. The first-order valence-corrected chi connectivity index (χ1v) is 8.01. The normalized spacial score (nSPS) is 25.0. The van der Waals surface area contributed by atoms with E-state index in [-0.39, 0.29) is 24.8 Å². The molecular formula is C18H28Cl2N2. The molecule has 1 aromatic rings. The van der Waals surface area contributed by atoms with Crippen LogP contribution in [0.2, 0.25) is 0 Å². The van der Waals surface area contributed by atoms with Gasteiger partial charge in [0.1, 0.15) is 0 Å². The van der Waals surface area contributed by atoms with Crippen LogP contribution in [-0.4, -0.2) is 25.7 Å². The summed E-state index contributed by atoms with van der Waals surface area (Å²) < 4.78 is 0. The largest absolute Gasteiger partial charge is 0.317 e. The summed E-state index contributed by atoms with van der Waals surface area (Å²) in [7, 11) is 0. The molecule has 0 amide bonds. The molecule has 2 fully saturated rings. The first-order chi connectivity index (χ1) is 9.83. The van der Waals surface area contributed by atoms with Gasteiger partial charge < -0.3 is 10.6 Å². The zero-order valence-electron chi connectivity index (χ0n) is 13.3. The highest BCUT2D eigenvalue weighted by Crippen LogP contribution is 2.34. The number of hydrogen-bond acceptors (Lipinski definition) is 2. The van der Waals surface area contributed by atoms with Gasteiger partial charge in [0.05, 0.1) is 0 Å². The Bertz CT molecular complexity index is 455. The fraction of sp³-hybridized carbons (Fsp3) is 0.556. The molecule has 124 valence electrons. The van der Waals surface area contributed by atoms with Crippen LogP contribution >= 0.6 is 24.8 Å². The molecule has 0 radical (unpaired) electrons. The smallest absolute Gasteiger partial charge is 0.0137 e. The van der Waals surface area contributed by atoms with Crippen molar-refractivity contribution in [2.24, 2.45) is 11.8 Å². The summed E-state index contributed by atoms with van der Waals surface area (Å²) in [6.07, 6.45) is 6.44. The lowest BCUT2D eigenvalue weighted by Gasteiger charge is -2.22. The molecule has 2 aliphatic rings. The number of benzene rings is 1. The molecule has 0 bridgehead atoms. The lowest BCUT2D eigenvalue weighted by Crippen LogP contribution is -2.34. The van der Waals surface area contributed by atoms with Gasteiger partial charge in [-0.05, 0) is 68.8 Å². The van der Waals surface area contributed by atoms with Crippen molar-refractivity contribution >= 4 is 30.4 Å². The molecule has 1 aliphatic heterocycles. The molecule has 2 unspecified atom stereocenters. The van der Waals surface area contributed by atoms with Crippen LogP contribution in [0.4, 0.5) is 0 Å². The van der Waals surface area contributed by atoms with Crippen molar-refractivity contribution in [2.75, 3.05) is 19.6 Å². The molecule has 1 aromatic carbocycles. The quantitative estimate of drug-likeness (QED) is 0.847. The molecule has 1 aliphatic carbocycles. The summed E-state index contributed by atoms with van der Waals surface area (Å²) in [5.41, 5.74) is 2.78. The third kappa shape index (κ3) is 5.58. The first-order valence-electron chi connectivity index (χ1n) is 8.01. The van der Waals surface area contributed by atoms with Crippen LogP contribution in [0.25, 0.3) is 5.57 Å². The van der Waals surface area contributed by atoms with Gasteiger partial charge in [-0.25, -0.2) is 0 Å². The standard InChI is InChI=1S/C18H26N2.2ClH/c1-14(16-5-3-2-4-6-16)11-17-12-18(17)20-13-15-7-9-19-10-8-15;;/h2-6,11,15,17-20H,7-10,12-13H2,1H3;2*1H/b14-11+;;. The molecule has 2 nitrogen and oxygen atoms in total. The van der Waals surface area contributed by atoms with Gasteiger partial charge in [0, 0.05) is 6.04 Å². The zero-order chi connectivity index (χ0) is 13.8. The van der Waals surface area contributed by atoms with Crippen LogP contribution < -0.4 is 10.6 Å². The third-order valence-electron chi connectivity index (χ3n) is 4.66. The van der Waals surface area contributed by atoms with E-state index in [9.17, 15) is 0 Å². The van der Waals surface area contributed by atoms with Crippen molar-refractivity contribution in [1.29, 1.82) is 0 Å². The molecule has 2 atom stereocenters. The van der Waals surface area contributed by atoms with Gasteiger partial charge in [-0.3, -0.25) is 0 Å². The Morgan fingerprint density at radius 3 is 2.55 bits per heavy atom. The Labute approximate surface area is 147 Å². The van der Waals surface area contributed by atoms with Crippen molar-refractivity contribution in [3.05, 3.63) is 42.0 Å². The average molecular weight is 343 g/mol. The Morgan fingerprint density at radius 2 is 1.86 bits per heavy atom. The Kier molecular flexibility index (Phi) is 8.48. The number of halogens is 2. The van der Waals surface area contributed by atoms with E-state index in [1.807, 2.05) is 0 Å². The maximum absolute atomic E-state index is 3.76. The average Bonchev–Trinajstić information content (AvgIpc) is 3.25. The summed E-state index contributed by atoms with van der Waals surface area (Å²) >= 11 is 0. The predicted octanol–water partition coefficient (Wildman–Crippen LogP) is 3.91. The van der Waals surface area contributed by atoms with Gasteiger partial charge in [-0.2, -0.15) is 0 Å². The fourth-order valence-electron chi connectivity index (χ4n) is 3.16. The van der Waals surface area contributed by atoms with Crippen LogP contribution in [-0.2, 0) is 0 Å². The highest BCUT2D eigenvalue weighted by atomic mass is 35.5. The van der Waals surface area contributed by atoms with Crippen molar-refractivity contribution in [1.82, 2.24) is 10.6 Å². The lowest BCUT2D eigenvalue weighted by atomic mass is 9.98. The number of nitrogens with one attached hydrogen (secondary N) is 2. The second kappa shape index (κ2) is 9.57. The summed E-state index contributed by atoms with van der Waals surface area (Å²) in [6.45, 7) is 5.85. The molecule has 1 saturated heterocycles. The number of piperidine rings is 1. The van der Waals surface area contributed by atoms with Crippen LogP contribution in [0.15, 0.2) is 36.4 Å². The highest BCUT2D eigenvalue weighted by Gasteiger charge is 2.35. The van der Waals surface area contributed by atoms with E-state index < -0.39 is 0 Å². The summed E-state index contributed by atoms with van der Waals surface area (Å²) in [6, 6.07) is 11.4. The van der Waals surface area contributed by atoms with Crippen LogP contribution in [0, 0.1) is 11.8 Å². The molecule has 4 heteroatoms. The van der Waals surface area contributed by atoms with E-state index in [4.69, 9.17) is 0 Å². The Hall–Kier alpha value is -0.540. The predicted molar refractivity (Wildman–Crippen MR) is 100 cm³/mol. The fourth-order valence-corrected chi connectivity index (χ4v) is 3.16. The van der Waals surface area contributed by atoms with Gasteiger partial charge in [0.15, 0.2) is 0 Å². The van der Waals surface area contributed by atoms with E-state index >= 15 is 0 Å². The van der Waals surface area contributed by atoms with Crippen molar-refractivity contribution in [3.63, 3.8) is 0 Å². The van der Waals surface area contributed by atoms with Crippen molar-refractivity contribution in [2.45, 2.75) is 32.2 Å². The molecule has 22 heavy (non-hydrogen) atoms. The van der Waals surface area contributed by atoms with Gasteiger partial charge in [-0.1, -0.05) is 36.4 Å². The molecular weight excluding hydrogens is 315 g/mol. The van der Waals surface area contributed by atoms with Gasteiger partial charge in [0.25, 0.3) is 0 Å². The van der Waals surface area contributed by atoms with Crippen LogP contribution in [0.3, 0.4) is 0 Å². The van der Waals surface area contributed by atoms with Gasteiger partial charge >= 0.3 is 0 Å². The van der Waals surface area contributed by atoms with Gasteiger partial charge in [-0.15, -0.1) is 24.8 Å². The second-order valence-corrected chi connectivity index (χ2v) is 6.32. The van der Waals surface area contributed by atoms with E-state index in [2.05, 4.69) is 54.0 Å². The molecule has 0 aromatic heterocycles. The molecule has 1 heterocycles. The second-order valence-electron chi connectivity index (χ2n) is 6.32. The molecule has 3 rings (SSSR count). The minimum atomic E-state index is 0. The minimum absolute atomic E-state index is 0. The van der Waals surface area contributed by atoms with Crippen LogP contribution in [0.5, 0.6) is 0 Å². The molecule has 2 N–H and O–H groups in total. The topological polar surface area (TPSA) is 24.1 Å². The Balaban J connectivity index is 0.00000121. The van der Waals surface area contributed by atoms with Crippen molar-refractivity contribution in [3.8, 4) is 0 Å². The Morgan fingerprint density at radius 1 is 1.18 bits per heavy atom. The first kappa shape index (κ1) is 19.5. The van der Waals surface area contributed by atoms with E-state index in [1.165, 1.54) is 50.0 Å². The maximum atomic E-state index is 3.76. The molecule has 0 spiro atoms. The van der Waals surface area contributed by atoms with Crippen LogP contribution in [0.1, 0.15) is 31.7 Å². The monoisotopic (exact) mass is 342 g/mol. The van der Waals surface area contributed by atoms with E-state index in [1.54, 1.807) is 0 Å². The number of rotatable bonds is 5. The SMILES string of the molecule is C/C(=C\C1CC1NCC1CCNCC1)c1ccccc1.Cl.Cl. The van der Waals surface area contributed by atoms with E-state index in [0.29, 0.717) is 0 Å². The van der Waals surface area contributed by atoms with E-state index in [0.717, 1.165) is 17.9 Å². The summed E-state index contributed by atoms with van der Waals surface area (Å²) in [4.78, 5) is 0. The molecule has 1 saturated carbocycles. The third-order valence-corrected chi connectivity index (χ3v) is 4.66.